The molecule has 106 valence electrons. The van der Waals surface area contributed by atoms with Crippen LogP contribution in [0.3, 0.4) is 0 Å². The summed E-state index contributed by atoms with van der Waals surface area (Å²) < 4.78 is 1.93. The zero-order valence-corrected chi connectivity index (χ0v) is 12.0. The number of fused-ring (bicyclic) bond motifs is 1. The summed E-state index contributed by atoms with van der Waals surface area (Å²) in [5.41, 5.74) is 9.38. The number of anilines is 1. The van der Waals surface area contributed by atoms with Crippen LogP contribution in [0.2, 0.25) is 0 Å². The van der Waals surface area contributed by atoms with Gasteiger partial charge in [0.15, 0.2) is 5.82 Å². The van der Waals surface area contributed by atoms with E-state index < -0.39 is 0 Å². The number of aromatic nitrogens is 4. The van der Waals surface area contributed by atoms with Gasteiger partial charge in [0, 0.05) is 24.0 Å². The van der Waals surface area contributed by atoms with E-state index in [2.05, 4.69) is 17.0 Å². The van der Waals surface area contributed by atoms with E-state index >= 15 is 0 Å². The van der Waals surface area contributed by atoms with Gasteiger partial charge in [0.05, 0.1) is 11.8 Å². The van der Waals surface area contributed by atoms with Crippen molar-refractivity contribution in [2.75, 3.05) is 5.73 Å². The van der Waals surface area contributed by atoms with Gasteiger partial charge in [0.25, 0.3) is 0 Å². The maximum atomic E-state index is 6.14. The number of aryl methyl sites for hydroxylation is 2. The molecule has 0 spiro atoms. The van der Waals surface area contributed by atoms with E-state index in [0.29, 0.717) is 11.6 Å². The smallest absolute Gasteiger partial charge is 0.164 e. The SMILES string of the molecule is CCCn1cc(-c2nc(N)c3c(n2)CCCCC3)cn1. The number of nitrogen functional groups attached to an aromatic ring is 1. The topological polar surface area (TPSA) is 69.6 Å². The Labute approximate surface area is 119 Å². The first-order valence-electron chi connectivity index (χ1n) is 7.46. The number of hydrogen-bond donors (Lipinski definition) is 1. The fourth-order valence-electron chi connectivity index (χ4n) is 2.76. The van der Waals surface area contributed by atoms with Crippen molar-refractivity contribution < 1.29 is 0 Å². The molecule has 2 heterocycles. The Morgan fingerprint density at radius 3 is 2.90 bits per heavy atom. The lowest BCUT2D eigenvalue weighted by molar-refractivity contribution is 0.603. The Bertz CT molecular complexity index is 602. The monoisotopic (exact) mass is 271 g/mol. The Kier molecular flexibility index (Phi) is 3.67. The summed E-state index contributed by atoms with van der Waals surface area (Å²) in [5, 5.41) is 4.34. The fourth-order valence-corrected chi connectivity index (χ4v) is 2.76. The molecule has 0 unspecified atom stereocenters. The van der Waals surface area contributed by atoms with Gasteiger partial charge in [0.1, 0.15) is 5.82 Å². The van der Waals surface area contributed by atoms with Gasteiger partial charge in [-0.1, -0.05) is 13.3 Å². The van der Waals surface area contributed by atoms with Crippen LogP contribution in [0.4, 0.5) is 5.82 Å². The molecule has 1 aliphatic carbocycles. The predicted octanol–water partition coefficient (Wildman–Crippen LogP) is 2.60. The van der Waals surface area contributed by atoms with E-state index in [1.165, 1.54) is 19.3 Å². The lowest BCUT2D eigenvalue weighted by Crippen LogP contribution is -2.06. The van der Waals surface area contributed by atoms with Gasteiger partial charge in [-0.25, -0.2) is 9.97 Å². The predicted molar refractivity (Wildman–Crippen MR) is 79.2 cm³/mol. The van der Waals surface area contributed by atoms with Crippen LogP contribution in [0.15, 0.2) is 12.4 Å². The fraction of sp³-hybridized carbons (Fsp3) is 0.533. The lowest BCUT2D eigenvalue weighted by Gasteiger charge is -2.09. The highest BCUT2D eigenvalue weighted by molar-refractivity contribution is 5.57. The highest BCUT2D eigenvalue weighted by Crippen LogP contribution is 2.26. The number of nitrogens with zero attached hydrogens (tertiary/aromatic N) is 4. The third-order valence-electron chi connectivity index (χ3n) is 3.81. The molecule has 0 fully saturated rings. The molecule has 20 heavy (non-hydrogen) atoms. The molecule has 0 saturated carbocycles. The number of rotatable bonds is 3. The second kappa shape index (κ2) is 5.61. The van der Waals surface area contributed by atoms with Crippen LogP contribution in [-0.4, -0.2) is 19.7 Å². The van der Waals surface area contributed by atoms with Crippen LogP contribution < -0.4 is 5.73 Å². The molecule has 2 aromatic rings. The van der Waals surface area contributed by atoms with Crippen molar-refractivity contribution in [3.05, 3.63) is 23.7 Å². The Morgan fingerprint density at radius 2 is 2.05 bits per heavy atom. The van der Waals surface area contributed by atoms with Crippen molar-refractivity contribution in [2.45, 2.75) is 52.0 Å². The molecule has 0 saturated heterocycles. The minimum atomic E-state index is 0.648. The zero-order valence-electron chi connectivity index (χ0n) is 12.0. The second-order valence-corrected chi connectivity index (χ2v) is 5.41. The normalized spacial score (nSPS) is 14.8. The summed E-state index contributed by atoms with van der Waals surface area (Å²) in [5.74, 6) is 1.36. The second-order valence-electron chi connectivity index (χ2n) is 5.41. The third-order valence-corrected chi connectivity index (χ3v) is 3.81. The maximum absolute atomic E-state index is 6.14. The van der Waals surface area contributed by atoms with Crippen LogP contribution in [0, 0.1) is 0 Å². The Morgan fingerprint density at radius 1 is 1.20 bits per heavy atom. The molecule has 0 bridgehead atoms. The summed E-state index contributed by atoms with van der Waals surface area (Å²) in [7, 11) is 0. The molecular weight excluding hydrogens is 250 g/mol. The summed E-state index contributed by atoms with van der Waals surface area (Å²) in [6.07, 6.45) is 10.5. The van der Waals surface area contributed by atoms with E-state index in [-0.39, 0.29) is 0 Å². The highest BCUT2D eigenvalue weighted by atomic mass is 15.3. The Balaban J connectivity index is 1.97. The van der Waals surface area contributed by atoms with Gasteiger partial charge in [-0.15, -0.1) is 0 Å². The third kappa shape index (κ3) is 2.53. The van der Waals surface area contributed by atoms with Crippen molar-refractivity contribution in [3.8, 4) is 11.4 Å². The van der Waals surface area contributed by atoms with E-state index in [4.69, 9.17) is 10.7 Å². The lowest BCUT2D eigenvalue weighted by atomic mass is 10.1. The molecule has 1 aliphatic rings. The first-order chi connectivity index (χ1) is 9.78. The van der Waals surface area contributed by atoms with Gasteiger partial charge in [-0.2, -0.15) is 5.10 Å². The minimum Gasteiger partial charge on any atom is -0.383 e. The maximum Gasteiger partial charge on any atom is 0.164 e. The van der Waals surface area contributed by atoms with Crippen molar-refractivity contribution in [3.63, 3.8) is 0 Å². The first-order valence-corrected chi connectivity index (χ1v) is 7.46. The molecule has 0 aliphatic heterocycles. The van der Waals surface area contributed by atoms with E-state index in [1.807, 2.05) is 17.1 Å². The average Bonchev–Trinajstić information content (AvgIpc) is 2.76. The van der Waals surface area contributed by atoms with Gasteiger partial charge in [0.2, 0.25) is 0 Å². The number of hydrogen-bond acceptors (Lipinski definition) is 4. The van der Waals surface area contributed by atoms with Crippen LogP contribution in [0.5, 0.6) is 0 Å². The minimum absolute atomic E-state index is 0.648. The molecular formula is C15H21N5. The first kappa shape index (κ1) is 13.1. The summed E-state index contributed by atoms with van der Waals surface area (Å²) >= 11 is 0. The van der Waals surface area contributed by atoms with E-state index in [1.54, 1.807) is 0 Å². The molecule has 2 N–H and O–H groups in total. The highest BCUT2D eigenvalue weighted by Gasteiger charge is 2.16. The molecule has 2 aromatic heterocycles. The molecule has 0 atom stereocenters. The molecule has 0 aromatic carbocycles. The molecule has 0 radical (unpaired) electrons. The Hall–Kier alpha value is -1.91. The average molecular weight is 271 g/mol. The van der Waals surface area contributed by atoms with Gasteiger partial charge >= 0.3 is 0 Å². The molecule has 5 heteroatoms. The van der Waals surface area contributed by atoms with Crippen LogP contribution in [0.1, 0.15) is 43.9 Å². The molecule has 5 nitrogen and oxygen atoms in total. The van der Waals surface area contributed by atoms with Gasteiger partial charge < -0.3 is 5.73 Å². The van der Waals surface area contributed by atoms with Crippen molar-refractivity contribution in [2.24, 2.45) is 0 Å². The van der Waals surface area contributed by atoms with Crippen LogP contribution >= 0.6 is 0 Å². The van der Waals surface area contributed by atoms with Crippen molar-refractivity contribution in [1.29, 1.82) is 0 Å². The molecule has 0 amide bonds. The summed E-state index contributed by atoms with van der Waals surface area (Å²) in [6, 6.07) is 0. The standard InChI is InChI=1S/C15H21N5/c1-2-8-20-10-11(9-17-20)15-18-13-7-5-3-4-6-12(13)14(16)19-15/h9-10H,2-8H2,1H3,(H2,16,18,19). The summed E-state index contributed by atoms with van der Waals surface area (Å²) in [4.78, 5) is 9.22. The van der Waals surface area contributed by atoms with Crippen molar-refractivity contribution >= 4 is 5.82 Å². The van der Waals surface area contributed by atoms with Crippen LogP contribution in [-0.2, 0) is 19.4 Å². The largest absolute Gasteiger partial charge is 0.383 e. The molecule has 3 rings (SSSR count). The van der Waals surface area contributed by atoms with Gasteiger partial charge in [-0.3, -0.25) is 4.68 Å². The van der Waals surface area contributed by atoms with Crippen LogP contribution in [0.25, 0.3) is 11.4 Å². The quantitative estimate of drug-likeness (QED) is 0.871. The zero-order chi connectivity index (χ0) is 13.9. The number of nitrogens with two attached hydrogens (primary N) is 1. The van der Waals surface area contributed by atoms with E-state index in [0.717, 1.165) is 42.6 Å². The van der Waals surface area contributed by atoms with Gasteiger partial charge in [-0.05, 0) is 32.1 Å². The van der Waals surface area contributed by atoms with E-state index in [9.17, 15) is 0 Å². The van der Waals surface area contributed by atoms with Crippen molar-refractivity contribution in [1.82, 2.24) is 19.7 Å². The summed E-state index contributed by atoms with van der Waals surface area (Å²) in [6.45, 7) is 3.05.